The average Bonchev–Trinajstić information content (AvgIpc) is 3.63. The van der Waals surface area contributed by atoms with Crippen molar-refractivity contribution in [2.24, 2.45) is 0 Å². The minimum atomic E-state index is 0.870. The first kappa shape index (κ1) is 30.5. The third-order valence-electron chi connectivity index (χ3n) is 11.1. The first-order valence-electron chi connectivity index (χ1n) is 18.5. The minimum Gasteiger partial charge on any atom is -0.454 e. The van der Waals surface area contributed by atoms with E-state index in [4.69, 9.17) is 4.42 Å². The Balaban J connectivity index is 1.05. The molecule has 0 spiro atoms. The van der Waals surface area contributed by atoms with Crippen LogP contribution in [-0.4, -0.2) is 0 Å². The largest absolute Gasteiger partial charge is 0.454 e. The molecular weight excluding hydrogens is 655 g/mol. The van der Waals surface area contributed by atoms with Crippen LogP contribution in [0, 0.1) is 0 Å². The fourth-order valence-corrected chi connectivity index (χ4v) is 8.50. The fourth-order valence-electron chi connectivity index (χ4n) is 8.50. The number of hydrogen-bond acceptors (Lipinski definition) is 2. The molecule has 252 valence electrons. The van der Waals surface area contributed by atoms with Crippen molar-refractivity contribution < 1.29 is 4.42 Å². The highest BCUT2D eigenvalue weighted by molar-refractivity contribution is 6.19. The van der Waals surface area contributed by atoms with Crippen molar-refractivity contribution in [1.82, 2.24) is 0 Å². The summed E-state index contributed by atoms with van der Waals surface area (Å²) in [5.41, 5.74) is 9.68. The molecule has 0 atom stereocenters. The van der Waals surface area contributed by atoms with E-state index in [-0.39, 0.29) is 0 Å². The third-order valence-corrected chi connectivity index (χ3v) is 11.1. The van der Waals surface area contributed by atoms with Gasteiger partial charge in [-0.05, 0) is 102 Å². The number of hydrogen-bond donors (Lipinski definition) is 0. The van der Waals surface area contributed by atoms with Crippen LogP contribution >= 0.6 is 0 Å². The van der Waals surface area contributed by atoms with Gasteiger partial charge in [0.25, 0.3) is 0 Å². The van der Waals surface area contributed by atoms with Crippen LogP contribution in [0.2, 0.25) is 0 Å². The Morgan fingerprint density at radius 3 is 1.54 bits per heavy atom. The molecule has 11 aromatic rings. The summed E-state index contributed by atoms with van der Waals surface area (Å²) in [7, 11) is 0. The lowest BCUT2D eigenvalue weighted by molar-refractivity contribution is 0.669. The normalized spacial score (nSPS) is 11.7. The molecule has 0 saturated carbocycles. The molecule has 0 bridgehead atoms. The Morgan fingerprint density at radius 1 is 0.296 bits per heavy atom. The predicted octanol–water partition coefficient (Wildman–Crippen LogP) is 15.0. The Bertz CT molecular complexity index is 3200. The zero-order valence-corrected chi connectivity index (χ0v) is 29.4. The van der Waals surface area contributed by atoms with Crippen LogP contribution < -0.4 is 4.90 Å². The van der Waals surface area contributed by atoms with Crippen LogP contribution in [0.4, 0.5) is 17.1 Å². The molecule has 0 saturated heterocycles. The number of rotatable bonds is 5. The van der Waals surface area contributed by atoms with Gasteiger partial charge in [0.2, 0.25) is 0 Å². The standard InChI is InChI=1S/C52H33NO/c1-3-13-40-34(10-1)12-7-16-41(40)36-22-27-38(28-23-36)53(50-20-9-19-49-48-15-5-6-21-51(48)54-52(49)50)39-29-24-37(25-30-39)43-17-8-18-44-45(43)32-33-46-42-14-4-2-11-35(42)26-31-47(44)46/h1-33H. The second-order valence-electron chi connectivity index (χ2n) is 14.1. The van der Waals surface area contributed by atoms with Crippen LogP contribution in [0.1, 0.15) is 0 Å². The van der Waals surface area contributed by atoms with Crippen LogP contribution in [0.5, 0.6) is 0 Å². The van der Waals surface area contributed by atoms with E-state index < -0.39 is 0 Å². The van der Waals surface area contributed by atoms with Crippen molar-refractivity contribution in [3.63, 3.8) is 0 Å². The van der Waals surface area contributed by atoms with Crippen molar-refractivity contribution in [1.29, 1.82) is 0 Å². The molecular formula is C52H33NO. The first-order chi connectivity index (χ1) is 26.8. The Morgan fingerprint density at radius 2 is 0.778 bits per heavy atom. The molecule has 0 aliphatic heterocycles. The molecule has 0 fully saturated rings. The van der Waals surface area contributed by atoms with E-state index >= 15 is 0 Å². The van der Waals surface area contributed by atoms with Crippen molar-refractivity contribution >= 4 is 82.1 Å². The second-order valence-corrected chi connectivity index (χ2v) is 14.1. The number of benzene rings is 10. The highest BCUT2D eigenvalue weighted by atomic mass is 16.3. The lowest BCUT2D eigenvalue weighted by Crippen LogP contribution is -2.10. The molecule has 10 aromatic carbocycles. The predicted molar refractivity (Wildman–Crippen MR) is 229 cm³/mol. The Hall–Kier alpha value is -7.16. The van der Waals surface area contributed by atoms with Crippen molar-refractivity contribution in [2.75, 3.05) is 4.90 Å². The molecule has 0 unspecified atom stereocenters. The first-order valence-corrected chi connectivity index (χ1v) is 18.5. The summed E-state index contributed by atoms with van der Waals surface area (Å²) >= 11 is 0. The van der Waals surface area contributed by atoms with Gasteiger partial charge in [-0.2, -0.15) is 0 Å². The topological polar surface area (TPSA) is 16.4 Å². The zero-order chi connectivity index (χ0) is 35.6. The van der Waals surface area contributed by atoms with E-state index in [1.54, 1.807) is 0 Å². The highest BCUT2D eigenvalue weighted by Gasteiger charge is 2.20. The van der Waals surface area contributed by atoms with Gasteiger partial charge in [-0.3, -0.25) is 0 Å². The molecule has 0 aliphatic carbocycles. The van der Waals surface area contributed by atoms with Gasteiger partial charge in [0.15, 0.2) is 5.58 Å². The van der Waals surface area contributed by atoms with Gasteiger partial charge in [-0.25, -0.2) is 0 Å². The molecule has 1 aromatic heterocycles. The van der Waals surface area contributed by atoms with Crippen molar-refractivity contribution in [3.8, 4) is 22.3 Å². The summed E-state index contributed by atoms with van der Waals surface area (Å²) in [6, 6.07) is 72.2. The summed E-state index contributed by atoms with van der Waals surface area (Å²) in [4.78, 5) is 2.32. The number of furan rings is 1. The molecule has 0 amide bonds. The lowest BCUT2D eigenvalue weighted by atomic mass is 9.92. The van der Waals surface area contributed by atoms with Crippen LogP contribution in [0.3, 0.4) is 0 Å². The van der Waals surface area contributed by atoms with E-state index in [2.05, 4.69) is 193 Å². The number of nitrogens with zero attached hydrogens (tertiary/aromatic N) is 1. The smallest absolute Gasteiger partial charge is 0.159 e. The number of fused-ring (bicyclic) bond motifs is 9. The molecule has 54 heavy (non-hydrogen) atoms. The Kier molecular flexibility index (Phi) is 6.90. The fraction of sp³-hybridized carbons (Fsp3) is 0. The van der Waals surface area contributed by atoms with Gasteiger partial charge < -0.3 is 9.32 Å². The number of anilines is 3. The van der Waals surface area contributed by atoms with E-state index in [9.17, 15) is 0 Å². The van der Waals surface area contributed by atoms with Gasteiger partial charge in [0, 0.05) is 22.1 Å². The summed E-state index contributed by atoms with van der Waals surface area (Å²) in [5, 5.41) is 12.4. The summed E-state index contributed by atoms with van der Waals surface area (Å²) in [6.07, 6.45) is 0. The van der Waals surface area contributed by atoms with Gasteiger partial charge >= 0.3 is 0 Å². The van der Waals surface area contributed by atoms with Crippen LogP contribution in [0.15, 0.2) is 205 Å². The quantitative estimate of drug-likeness (QED) is 0.168. The maximum Gasteiger partial charge on any atom is 0.159 e. The molecule has 1 heterocycles. The average molecular weight is 688 g/mol. The maximum absolute atomic E-state index is 6.61. The van der Waals surface area contributed by atoms with Crippen molar-refractivity contribution in [2.45, 2.75) is 0 Å². The zero-order valence-electron chi connectivity index (χ0n) is 29.4. The monoisotopic (exact) mass is 687 g/mol. The molecule has 0 aliphatic rings. The maximum atomic E-state index is 6.61. The van der Waals surface area contributed by atoms with E-state index in [0.717, 1.165) is 39.0 Å². The van der Waals surface area contributed by atoms with E-state index in [1.807, 2.05) is 12.1 Å². The van der Waals surface area contributed by atoms with Gasteiger partial charge in [-0.1, -0.05) is 164 Å². The van der Waals surface area contributed by atoms with E-state index in [0.29, 0.717) is 0 Å². The molecule has 11 rings (SSSR count). The summed E-state index contributed by atoms with van der Waals surface area (Å²) in [5.74, 6) is 0. The highest BCUT2D eigenvalue weighted by Crippen LogP contribution is 2.44. The van der Waals surface area contributed by atoms with Crippen LogP contribution in [-0.2, 0) is 0 Å². The van der Waals surface area contributed by atoms with Gasteiger partial charge in [0.05, 0.1) is 5.69 Å². The number of para-hydroxylation sites is 2. The Labute approximate surface area is 312 Å². The summed E-state index contributed by atoms with van der Waals surface area (Å²) in [6.45, 7) is 0. The third kappa shape index (κ3) is 4.81. The van der Waals surface area contributed by atoms with Gasteiger partial charge in [-0.15, -0.1) is 0 Å². The molecule has 2 nitrogen and oxygen atoms in total. The second kappa shape index (κ2) is 12.2. The minimum absolute atomic E-state index is 0.870. The van der Waals surface area contributed by atoms with Crippen molar-refractivity contribution in [3.05, 3.63) is 200 Å². The molecule has 0 N–H and O–H groups in total. The van der Waals surface area contributed by atoms with E-state index in [1.165, 1.54) is 65.3 Å². The van der Waals surface area contributed by atoms with Gasteiger partial charge in [0.1, 0.15) is 5.58 Å². The van der Waals surface area contributed by atoms with Crippen LogP contribution in [0.25, 0.3) is 87.3 Å². The SMILES string of the molecule is c1ccc2c(-c3ccc(N(c4ccc(-c5cccc6c5ccc5c7ccccc7ccc65)cc4)c4cccc5c4oc4ccccc45)cc3)cccc2c1. The lowest BCUT2D eigenvalue weighted by Gasteiger charge is -2.26. The summed E-state index contributed by atoms with van der Waals surface area (Å²) < 4.78 is 6.61. The molecule has 2 heteroatoms. The molecule has 0 radical (unpaired) electrons.